The molecule has 0 aromatic heterocycles. The summed E-state index contributed by atoms with van der Waals surface area (Å²) in [6.07, 6.45) is 0.958. The predicted octanol–water partition coefficient (Wildman–Crippen LogP) is 4.11. The average Bonchev–Trinajstić information content (AvgIpc) is 2.72. The SMILES string of the molecule is [CH2]C1Cc2cccc(-c3cc(C)ccc3C)c2O1. The van der Waals surface area contributed by atoms with Crippen LogP contribution in [0.5, 0.6) is 5.75 Å². The molecule has 1 atom stereocenters. The minimum absolute atomic E-state index is 0.0475. The molecule has 1 unspecified atom stereocenters. The number of rotatable bonds is 1. The summed E-state index contributed by atoms with van der Waals surface area (Å²) in [5.41, 5.74) is 6.29. The monoisotopic (exact) mass is 237 g/mol. The summed E-state index contributed by atoms with van der Waals surface area (Å²) >= 11 is 0. The Hall–Kier alpha value is -1.76. The van der Waals surface area contributed by atoms with E-state index in [9.17, 15) is 0 Å². The second-order valence-electron chi connectivity index (χ2n) is 5.06. The van der Waals surface area contributed by atoms with E-state index in [0.717, 1.165) is 12.2 Å². The van der Waals surface area contributed by atoms with E-state index in [4.69, 9.17) is 4.74 Å². The summed E-state index contributed by atoms with van der Waals surface area (Å²) < 4.78 is 5.88. The molecule has 0 N–H and O–H groups in total. The highest BCUT2D eigenvalue weighted by Crippen LogP contribution is 2.39. The molecule has 91 valence electrons. The third kappa shape index (κ3) is 1.80. The van der Waals surface area contributed by atoms with Crippen molar-refractivity contribution in [1.29, 1.82) is 0 Å². The van der Waals surface area contributed by atoms with Crippen LogP contribution in [0.15, 0.2) is 36.4 Å². The molecule has 2 aromatic rings. The van der Waals surface area contributed by atoms with Crippen molar-refractivity contribution in [3.05, 3.63) is 60.0 Å². The van der Waals surface area contributed by atoms with Gasteiger partial charge in [0, 0.05) is 12.0 Å². The van der Waals surface area contributed by atoms with Crippen LogP contribution in [0.3, 0.4) is 0 Å². The highest BCUT2D eigenvalue weighted by molar-refractivity contribution is 5.76. The van der Waals surface area contributed by atoms with E-state index in [1.165, 1.54) is 27.8 Å². The molecular weight excluding hydrogens is 220 g/mol. The quantitative estimate of drug-likeness (QED) is 0.725. The van der Waals surface area contributed by atoms with Gasteiger partial charge in [-0.3, -0.25) is 0 Å². The topological polar surface area (TPSA) is 9.23 Å². The third-order valence-electron chi connectivity index (χ3n) is 3.51. The number of benzene rings is 2. The van der Waals surface area contributed by atoms with Gasteiger partial charge in [0.2, 0.25) is 0 Å². The van der Waals surface area contributed by atoms with Crippen LogP contribution in [0.1, 0.15) is 16.7 Å². The van der Waals surface area contributed by atoms with Crippen LogP contribution >= 0.6 is 0 Å². The van der Waals surface area contributed by atoms with Crippen LogP contribution in [-0.4, -0.2) is 6.10 Å². The fraction of sp³-hybridized carbons (Fsp3) is 0.235. The number of hydrogen-bond acceptors (Lipinski definition) is 1. The molecule has 2 aromatic carbocycles. The van der Waals surface area contributed by atoms with Gasteiger partial charge in [-0.05, 0) is 37.5 Å². The van der Waals surface area contributed by atoms with Gasteiger partial charge in [-0.25, -0.2) is 0 Å². The number of aryl methyl sites for hydroxylation is 2. The van der Waals surface area contributed by atoms with Crippen molar-refractivity contribution >= 4 is 0 Å². The Kier molecular flexibility index (Phi) is 2.62. The summed E-state index contributed by atoms with van der Waals surface area (Å²) in [5.74, 6) is 1.02. The first-order valence-corrected chi connectivity index (χ1v) is 6.34. The Morgan fingerprint density at radius 1 is 1.11 bits per heavy atom. The predicted molar refractivity (Wildman–Crippen MR) is 74.8 cm³/mol. The fourth-order valence-corrected chi connectivity index (χ4v) is 2.58. The summed E-state index contributed by atoms with van der Waals surface area (Å²) in [6, 6.07) is 12.9. The lowest BCUT2D eigenvalue weighted by molar-refractivity contribution is 0.282. The first-order chi connectivity index (χ1) is 8.65. The molecule has 0 saturated heterocycles. The highest BCUT2D eigenvalue weighted by atomic mass is 16.5. The molecular formula is C17H17O. The Labute approximate surface area is 108 Å². The van der Waals surface area contributed by atoms with Crippen LogP contribution in [0.2, 0.25) is 0 Å². The van der Waals surface area contributed by atoms with Crippen molar-refractivity contribution in [2.24, 2.45) is 0 Å². The number of fused-ring (bicyclic) bond motifs is 1. The molecule has 1 aliphatic heterocycles. The zero-order valence-electron chi connectivity index (χ0n) is 10.9. The van der Waals surface area contributed by atoms with E-state index >= 15 is 0 Å². The molecule has 0 saturated carbocycles. The largest absolute Gasteiger partial charge is 0.489 e. The number of para-hydroxylation sites is 1. The smallest absolute Gasteiger partial charge is 0.130 e. The second kappa shape index (κ2) is 4.16. The van der Waals surface area contributed by atoms with Gasteiger partial charge in [0.05, 0.1) is 0 Å². The van der Waals surface area contributed by atoms with E-state index in [1.807, 2.05) is 0 Å². The van der Waals surface area contributed by atoms with Gasteiger partial charge < -0.3 is 4.74 Å². The summed E-state index contributed by atoms with van der Waals surface area (Å²) in [6.45, 7) is 8.27. The molecule has 1 nitrogen and oxygen atoms in total. The first-order valence-electron chi connectivity index (χ1n) is 6.34. The lowest BCUT2D eigenvalue weighted by Gasteiger charge is -2.12. The molecule has 0 fully saturated rings. The second-order valence-corrected chi connectivity index (χ2v) is 5.06. The van der Waals surface area contributed by atoms with E-state index in [-0.39, 0.29) is 6.10 Å². The van der Waals surface area contributed by atoms with E-state index < -0.39 is 0 Å². The maximum Gasteiger partial charge on any atom is 0.130 e. The zero-order chi connectivity index (χ0) is 12.7. The molecule has 0 bridgehead atoms. The van der Waals surface area contributed by atoms with Crippen molar-refractivity contribution in [2.75, 3.05) is 0 Å². The van der Waals surface area contributed by atoms with E-state index in [1.54, 1.807) is 0 Å². The Morgan fingerprint density at radius 2 is 1.94 bits per heavy atom. The maximum absolute atomic E-state index is 5.88. The van der Waals surface area contributed by atoms with Crippen LogP contribution < -0.4 is 4.74 Å². The van der Waals surface area contributed by atoms with Gasteiger partial charge in [0.15, 0.2) is 0 Å². The van der Waals surface area contributed by atoms with Crippen LogP contribution in [0, 0.1) is 20.8 Å². The normalized spacial score (nSPS) is 17.4. The molecule has 1 aliphatic rings. The Morgan fingerprint density at radius 3 is 2.78 bits per heavy atom. The van der Waals surface area contributed by atoms with Crippen LogP contribution in [0.4, 0.5) is 0 Å². The van der Waals surface area contributed by atoms with Crippen molar-refractivity contribution < 1.29 is 4.74 Å². The fourth-order valence-electron chi connectivity index (χ4n) is 2.58. The Bertz CT molecular complexity index is 599. The molecule has 0 amide bonds. The molecule has 18 heavy (non-hydrogen) atoms. The maximum atomic E-state index is 5.88. The molecule has 1 heteroatoms. The lowest BCUT2D eigenvalue weighted by atomic mass is 9.96. The zero-order valence-corrected chi connectivity index (χ0v) is 10.9. The molecule has 3 rings (SSSR count). The van der Waals surface area contributed by atoms with Crippen molar-refractivity contribution in [3.8, 4) is 16.9 Å². The summed E-state index contributed by atoms with van der Waals surface area (Å²) in [7, 11) is 0. The molecule has 0 spiro atoms. The molecule has 0 aliphatic carbocycles. The lowest BCUT2D eigenvalue weighted by Crippen LogP contribution is -2.06. The minimum Gasteiger partial charge on any atom is -0.489 e. The molecule has 1 heterocycles. The van der Waals surface area contributed by atoms with Gasteiger partial charge in [0.1, 0.15) is 11.9 Å². The standard InChI is InChI=1S/C17H17O/c1-11-7-8-12(2)16(9-11)15-6-4-5-14-10-13(3)18-17(14)15/h4-9,13H,3,10H2,1-2H3. The van der Waals surface area contributed by atoms with Gasteiger partial charge >= 0.3 is 0 Å². The highest BCUT2D eigenvalue weighted by Gasteiger charge is 2.22. The molecule has 1 radical (unpaired) electrons. The van der Waals surface area contributed by atoms with Gasteiger partial charge in [-0.1, -0.05) is 42.0 Å². The first kappa shape index (κ1) is 11.3. The van der Waals surface area contributed by atoms with E-state index in [0.29, 0.717) is 0 Å². The van der Waals surface area contributed by atoms with Gasteiger partial charge in [-0.15, -0.1) is 0 Å². The van der Waals surface area contributed by atoms with Gasteiger partial charge in [0.25, 0.3) is 0 Å². The summed E-state index contributed by atoms with van der Waals surface area (Å²) in [5, 5.41) is 0. The number of ether oxygens (including phenoxy) is 1. The average molecular weight is 237 g/mol. The van der Waals surface area contributed by atoms with E-state index in [2.05, 4.69) is 57.2 Å². The minimum atomic E-state index is 0.0475. The van der Waals surface area contributed by atoms with Crippen molar-refractivity contribution in [1.82, 2.24) is 0 Å². The Balaban J connectivity index is 2.19. The van der Waals surface area contributed by atoms with Crippen LogP contribution in [0.25, 0.3) is 11.1 Å². The summed E-state index contributed by atoms with van der Waals surface area (Å²) in [4.78, 5) is 0. The van der Waals surface area contributed by atoms with Gasteiger partial charge in [-0.2, -0.15) is 0 Å². The van der Waals surface area contributed by atoms with Crippen LogP contribution in [-0.2, 0) is 6.42 Å². The third-order valence-corrected chi connectivity index (χ3v) is 3.51. The van der Waals surface area contributed by atoms with Crippen molar-refractivity contribution in [3.63, 3.8) is 0 Å². The number of hydrogen-bond donors (Lipinski definition) is 0. The van der Waals surface area contributed by atoms with Crippen molar-refractivity contribution in [2.45, 2.75) is 26.4 Å².